The molecule has 0 atom stereocenters. The maximum atomic E-state index is 11.2. The number of nitrogens with one attached hydrogen (secondary N) is 2. The number of carbonyl (C=O) groups excluding carboxylic acids is 2. The van der Waals surface area contributed by atoms with Gasteiger partial charge in [-0.05, 0) is 12.5 Å². The highest BCUT2D eigenvalue weighted by molar-refractivity contribution is 6.00. The zero-order valence-corrected chi connectivity index (χ0v) is 9.31. The third kappa shape index (κ3) is 3.56. The highest BCUT2D eigenvalue weighted by atomic mass is 16.6. The summed E-state index contributed by atoms with van der Waals surface area (Å²) >= 11 is 0. The number of urea groups is 1. The van der Waals surface area contributed by atoms with Gasteiger partial charge in [-0.1, -0.05) is 6.07 Å². The van der Waals surface area contributed by atoms with Gasteiger partial charge < -0.3 is 5.32 Å². The molecule has 3 amide bonds. The van der Waals surface area contributed by atoms with E-state index in [1.807, 2.05) is 5.32 Å². The third-order valence-corrected chi connectivity index (χ3v) is 1.97. The zero-order chi connectivity index (χ0) is 13.0. The molecule has 0 heterocycles. The van der Waals surface area contributed by atoms with Gasteiger partial charge in [0, 0.05) is 19.1 Å². The molecule has 0 aliphatic heterocycles. The molecule has 1 aromatic rings. The molecule has 17 heavy (non-hydrogen) atoms. The number of amides is 3. The van der Waals surface area contributed by atoms with Gasteiger partial charge in [0.15, 0.2) is 0 Å². The molecule has 90 valence electrons. The summed E-state index contributed by atoms with van der Waals surface area (Å²) < 4.78 is 0. The van der Waals surface area contributed by atoms with Crippen LogP contribution in [0.2, 0.25) is 0 Å². The van der Waals surface area contributed by atoms with E-state index >= 15 is 0 Å². The predicted molar refractivity (Wildman–Crippen MR) is 60.7 cm³/mol. The smallest absolute Gasteiger partial charge is 0.307 e. The molecule has 0 fully saturated rings. The second-order valence-corrected chi connectivity index (χ2v) is 3.39. The molecule has 0 saturated heterocycles. The van der Waals surface area contributed by atoms with Crippen molar-refractivity contribution in [3.63, 3.8) is 0 Å². The number of aryl methyl sites for hydroxylation is 1. The van der Waals surface area contributed by atoms with Gasteiger partial charge in [-0.3, -0.25) is 20.2 Å². The van der Waals surface area contributed by atoms with Gasteiger partial charge in [0.25, 0.3) is 5.69 Å². The second kappa shape index (κ2) is 5.06. The lowest BCUT2D eigenvalue weighted by Crippen LogP contribution is -2.32. The van der Waals surface area contributed by atoms with Crippen molar-refractivity contribution in [3.8, 4) is 0 Å². The van der Waals surface area contributed by atoms with Crippen molar-refractivity contribution < 1.29 is 14.5 Å². The molecule has 0 aliphatic carbocycles. The number of hydrogen-bond donors (Lipinski definition) is 2. The van der Waals surface area contributed by atoms with E-state index in [1.165, 1.54) is 25.1 Å². The van der Waals surface area contributed by atoms with Crippen molar-refractivity contribution in [1.82, 2.24) is 5.32 Å². The lowest BCUT2D eigenvalue weighted by Gasteiger charge is -2.07. The summed E-state index contributed by atoms with van der Waals surface area (Å²) in [4.78, 5) is 31.9. The minimum atomic E-state index is -0.721. The molecule has 0 unspecified atom stereocenters. The van der Waals surface area contributed by atoms with Gasteiger partial charge in [-0.15, -0.1) is 0 Å². The summed E-state index contributed by atoms with van der Waals surface area (Å²) in [6.07, 6.45) is 0. The number of non-ortho nitro benzene ring substituents is 1. The average molecular weight is 237 g/mol. The van der Waals surface area contributed by atoms with E-state index in [0.29, 0.717) is 5.56 Å². The Morgan fingerprint density at radius 1 is 1.35 bits per heavy atom. The minimum absolute atomic E-state index is 0.131. The fourth-order valence-electron chi connectivity index (χ4n) is 1.17. The Bertz CT molecular complexity index is 484. The van der Waals surface area contributed by atoms with E-state index in [0.717, 1.165) is 0 Å². The van der Waals surface area contributed by atoms with E-state index < -0.39 is 16.9 Å². The van der Waals surface area contributed by atoms with Crippen LogP contribution < -0.4 is 10.6 Å². The van der Waals surface area contributed by atoms with Crippen LogP contribution >= 0.6 is 0 Å². The quantitative estimate of drug-likeness (QED) is 0.602. The van der Waals surface area contributed by atoms with Crippen LogP contribution in [0.5, 0.6) is 0 Å². The molecule has 0 bridgehead atoms. The highest BCUT2D eigenvalue weighted by Crippen LogP contribution is 2.21. The van der Waals surface area contributed by atoms with Gasteiger partial charge in [0.05, 0.1) is 10.6 Å². The fraction of sp³-hybridized carbons (Fsp3) is 0.200. The predicted octanol–water partition coefficient (Wildman–Crippen LogP) is 1.57. The average Bonchev–Trinajstić information content (AvgIpc) is 2.19. The van der Waals surface area contributed by atoms with Crippen LogP contribution in [-0.4, -0.2) is 16.9 Å². The fourth-order valence-corrected chi connectivity index (χ4v) is 1.17. The molecular weight excluding hydrogens is 226 g/mol. The lowest BCUT2D eigenvalue weighted by molar-refractivity contribution is -0.384. The number of imide groups is 1. The van der Waals surface area contributed by atoms with Crippen LogP contribution in [0.3, 0.4) is 0 Å². The Kier molecular flexibility index (Phi) is 3.76. The number of benzene rings is 1. The van der Waals surface area contributed by atoms with Crippen molar-refractivity contribution in [1.29, 1.82) is 0 Å². The van der Waals surface area contributed by atoms with Gasteiger partial charge in [0.1, 0.15) is 0 Å². The van der Waals surface area contributed by atoms with E-state index in [4.69, 9.17) is 0 Å². The molecule has 0 saturated carbocycles. The monoisotopic (exact) mass is 237 g/mol. The Morgan fingerprint density at radius 2 is 2.00 bits per heavy atom. The summed E-state index contributed by atoms with van der Waals surface area (Å²) in [7, 11) is 0. The lowest BCUT2D eigenvalue weighted by atomic mass is 10.2. The number of nitrogens with zero attached hydrogens (tertiary/aromatic N) is 1. The van der Waals surface area contributed by atoms with Crippen molar-refractivity contribution in [2.24, 2.45) is 0 Å². The molecular formula is C10H11N3O4. The summed E-state index contributed by atoms with van der Waals surface area (Å²) in [6, 6.07) is 3.36. The van der Waals surface area contributed by atoms with Crippen LogP contribution in [0.15, 0.2) is 18.2 Å². The van der Waals surface area contributed by atoms with Crippen LogP contribution in [0.4, 0.5) is 16.2 Å². The molecule has 1 aromatic carbocycles. The molecule has 1 rings (SSSR count). The van der Waals surface area contributed by atoms with Crippen molar-refractivity contribution in [3.05, 3.63) is 33.9 Å². The molecule has 0 aliphatic rings. The van der Waals surface area contributed by atoms with Gasteiger partial charge in [0.2, 0.25) is 5.91 Å². The molecule has 0 radical (unpaired) electrons. The number of anilines is 1. The summed E-state index contributed by atoms with van der Waals surface area (Å²) in [6.45, 7) is 2.88. The van der Waals surface area contributed by atoms with Crippen LogP contribution in [-0.2, 0) is 4.79 Å². The topological polar surface area (TPSA) is 101 Å². The first kappa shape index (κ1) is 12.6. The normalized spacial score (nSPS) is 9.53. The summed E-state index contributed by atoms with van der Waals surface area (Å²) in [5.41, 5.74) is 0.820. The second-order valence-electron chi connectivity index (χ2n) is 3.39. The van der Waals surface area contributed by atoms with Gasteiger partial charge in [-0.2, -0.15) is 0 Å². The maximum absolute atomic E-state index is 11.2. The molecule has 0 aromatic heterocycles. The highest BCUT2D eigenvalue weighted by Gasteiger charge is 2.11. The Hall–Kier alpha value is -2.44. The number of nitro groups is 1. The molecule has 7 nitrogen and oxygen atoms in total. The number of hydrogen-bond acceptors (Lipinski definition) is 4. The van der Waals surface area contributed by atoms with Crippen molar-refractivity contribution in [2.75, 3.05) is 5.32 Å². The van der Waals surface area contributed by atoms with E-state index in [2.05, 4.69) is 5.32 Å². The number of rotatable bonds is 2. The van der Waals surface area contributed by atoms with E-state index in [1.54, 1.807) is 6.92 Å². The first-order valence-corrected chi connectivity index (χ1v) is 4.74. The zero-order valence-electron chi connectivity index (χ0n) is 9.31. The largest absolute Gasteiger partial charge is 0.325 e. The van der Waals surface area contributed by atoms with Crippen LogP contribution in [0, 0.1) is 17.0 Å². The maximum Gasteiger partial charge on any atom is 0.325 e. The molecule has 0 spiro atoms. The number of carbonyl (C=O) groups is 2. The Labute approximate surface area is 97.0 Å². The van der Waals surface area contributed by atoms with E-state index in [9.17, 15) is 19.7 Å². The van der Waals surface area contributed by atoms with Crippen molar-refractivity contribution >= 4 is 23.3 Å². The van der Waals surface area contributed by atoms with E-state index in [-0.39, 0.29) is 11.4 Å². The van der Waals surface area contributed by atoms with Crippen LogP contribution in [0.1, 0.15) is 12.5 Å². The SMILES string of the molecule is CC(=O)NC(=O)Nc1cc([N+](=O)[O-])ccc1C. The Balaban J connectivity index is 2.90. The first-order valence-electron chi connectivity index (χ1n) is 4.74. The summed E-state index contributed by atoms with van der Waals surface area (Å²) in [5, 5.41) is 14.9. The molecule has 7 heteroatoms. The van der Waals surface area contributed by atoms with Gasteiger partial charge in [-0.25, -0.2) is 4.79 Å². The number of nitro benzene ring substituents is 1. The van der Waals surface area contributed by atoms with Crippen LogP contribution in [0.25, 0.3) is 0 Å². The molecule has 2 N–H and O–H groups in total. The van der Waals surface area contributed by atoms with Gasteiger partial charge >= 0.3 is 6.03 Å². The minimum Gasteiger partial charge on any atom is -0.307 e. The van der Waals surface area contributed by atoms with Crippen molar-refractivity contribution in [2.45, 2.75) is 13.8 Å². The summed E-state index contributed by atoms with van der Waals surface area (Å²) in [5.74, 6) is -0.509. The standard InChI is InChI=1S/C10H11N3O4/c1-6-3-4-8(13(16)17)5-9(6)12-10(15)11-7(2)14/h3-5H,1-2H3,(H2,11,12,14,15). The Morgan fingerprint density at radius 3 is 2.53 bits per heavy atom. The first-order chi connectivity index (χ1) is 7.90. The third-order valence-electron chi connectivity index (χ3n) is 1.97.